The monoisotopic (exact) mass is 808 g/mol. The first-order valence-corrected chi connectivity index (χ1v) is 21.7. The molecule has 0 atom stereocenters. The van der Waals surface area contributed by atoms with Crippen LogP contribution in [-0.2, 0) is 0 Å². The number of rotatable bonds is 7. The van der Waals surface area contributed by atoms with Crippen molar-refractivity contribution >= 4 is 53.3 Å². The van der Waals surface area contributed by atoms with Gasteiger partial charge in [0.25, 0.3) is 0 Å². The van der Waals surface area contributed by atoms with Gasteiger partial charge < -0.3 is 4.57 Å². The molecule has 0 saturated carbocycles. The summed E-state index contributed by atoms with van der Waals surface area (Å²) in [6.45, 7) is 0. The van der Waals surface area contributed by atoms with E-state index in [1.54, 1.807) is 0 Å². The van der Waals surface area contributed by atoms with Crippen LogP contribution in [-0.4, -0.2) is 19.5 Å². The molecule has 0 unspecified atom stereocenters. The maximum absolute atomic E-state index is 5.30. The Kier molecular flexibility index (Phi) is 8.65. The number of hydrogen-bond donors (Lipinski definition) is 0. The van der Waals surface area contributed by atoms with Crippen LogP contribution in [0.5, 0.6) is 0 Å². The Labute approximate surface area is 362 Å². The van der Waals surface area contributed by atoms with Gasteiger partial charge in [-0.2, -0.15) is 0 Å². The van der Waals surface area contributed by atoms with Crippen LogP contribution in [0.3, 0.4) is 0 Å². The number of benzene rings is 9. The van der Waals surface area contributed by atoms with Gasteiger partial charge in [-0.3, -0.25) is 0 Å². The summed E-state index contributed by atoms with van der Waals surface area (Å²) in [5.41, 5.74) is 12.9. The van der Waals surface area contributed by atoms with Crippen molar-refractivity contribution in [3.63, 3.8) is 0 Å². The Morgan fingerprint density at radius 2 is 0.758 bits per heavy atom. The van der Waals surface area contributed by atoms with Crippen molar-refractivity contribution in [3.05, 3.63) is 218 Å². The minimum atomic E-state index is 0.607. The summed E-state index contributed by atoms with van der Waals surface area (Å²) >= 11 is 1.87. The first-order valence-electron chi connectivity index (χ1n) is 20.9. The summed E-state index contributed by atoms with van der Waals surface area (Å²) in [7, 11) is 0. The van der Waals surface area contributed by atoms with Crippen LogP contribution >= 0.6 is 11.3 Å². The standard InChI is InChI=1S/C57H36N4S/c1-5-17-37(18-6-1)38-29-31-42(32-30-38)56-58-55(41-23-11-4-12-24-41)59-57(60-56)43-35-48(39-19-7-2-8-20-39)52(49(36-43)40-21-9-3-10-22-40)61-50-27-15-13-25-44(50)46-33-34-47-45-26-14-16-28-51(45)62-54(47)53(46)61/h1-36H. The van der Waals surface area contributed by atoms with Crippen molar-refractivity contribution in [1.29, 1.82) is 0 Å². The molecular formula is C57H36N4S. The molecular weight excluding hydrogens is 773 g/mol. The molecule has 0 spiro atoms. The highest BCUT2D eigenvalue weighted by molar-refractivity contribution is 7.26. The van der Waals surface area contributed by atoms with E-state index in [2.05, 4.69) is 199 Å². The van der Waals surface area contributed by atoms with E-state index in [4.69, 9.17) is 15.0 Å². The molecule has 0 saturated heterocycles. The second-order valence-corrected chi connectivity index (χ2v) is 16.6. The van der Waals surface area contributed by atoms with E-state index in [9.17, 15) is 0 Å². The van der Waals surface area contributed by atoms with E-state index in [1.165, 1.54) is 42.0 Å². The molecule has 3 heterocycles. The predicted octanol–water partition coefficient (Wildman–Crippen LogP) is 15.3. The minimum absolute atomic E-state index is 0.607. The van der Waals surface area contributed by atoms with Crippen LogP contribution in [0, 0.1) is 0 Å². The highest BCUT2D eigenvalue weighted by atomic mass is 32.1. The summed E-state index contributed by atoms with van der Waals surface area (Å²) < 4.78 is 5.08. The maximum atomic E-state index is 5.30. The summed E-state index contributed by atoms with van der Waals surface area (Å²) in [6, 6.07) is 77.5. The van der Waals surface area contributed by atoms with Gasteiger partial charge in [-0.05, 0) is 46.5 Å². The molecule has 0 bridgehead atoms. The SMILES string of the molecule is c1ccc(-c2ccc(-c3nc(-c4ccccc4)nc(-c4cc(-c5ccccc5)c(-n5c6ccccc6c6ccc7c8ccccc8sc7c65)c(-c5ccccc5)c4)n3)cc2)cc1. The van der Waals surface area contributed by atoms with Gasteiger partial charge in [-0.1, -0.05) is 194 Å². The molecule has 62 heavy (non-hydrogen) atoms. The van der Waals surface area contributed by atoms with Crippen molar-refractivity contribution in [3.8, 4) is 73.2 Å². The highest BCUT2D eigenvalue weighted by Gasteiger charge is 2.25. The Bertz CT molecular complexity index is 3540. The second kappa shape index (κ2) is 14.9. The lowest BCUT2D eigenvalue weighted by molar-refractivity contribution is 1.07. The molecule has 5 heteroatoms. The number of thiophene rings is 1. The van der Waals surface area contributed by atoms with Gasteiger partial charge >= 0.3 is 0 Å². The largest absolute Gasteiger partial charge is 0.307 e. The van der Waals surface area contributed by atoms with Crippen LogP contribution in [0.1, 0.15) is 0 Å². The molecule has 0 aliphatic carbocycles. The van der Waals surface area contributed by atoms with Gasteiger partial charge in [0.05, 0.1) is 21.4 Å². The third kappa shape index (κ3) is 6.09. The fourth-order valence-electron chi connectivity index (χ4n) is 8.94. The van der Waals surface area contributed by atoms with E-state index < -0.39 is 0 Å². The Morgan fingerprint density at radius 1 is 0.323 bits per heavy atom. The first-order chi connectivity index (χ1) is 30.7. The number of nitrogens with zero attached hydrogens (tertiary/aromatic N) is 4. The molecule has 0 N–H and O–H groups in total. The number of hydrogen-bond acceptors (Lipinski definition) is 4. The second-order valence-electron chi connectivity index (χ2n) is 15.6. The Morgan fingerprint density at radius 3 is 1.37 bits per heavy atom. The molecule has 12 rings (SSSR count). The average molecular weight is 809 g/mol. The van der Waals surface area contributed by atoms with E-state index in [-0.39, 0.29) is 0 Å². The van der Waals surface area contributed by atoms with Crippen molar-refractivity contribution in [2.45, 2.75) is 0 Å². The van der Waals surface area contributed by atoms with E-state index >= 15 is 0 Å². The molecule has 0 aliphatic heterocycles. The van der Waals surface area contributed by atoms with Gasteiger partial charge in [-0.15, -0.1) is 11.3 Å². The summed E-state index contributed by atoms with van der Waals surface area (Å²) in [4.78, 5) is 15.7. The number of para-hydroxylation sites is 1. The quantitative estimate of drug-likeness (QED) is 0.161. The predicted molar refractivity (Wildman–Crippen MR) is 260 cm³/mol. The fraction of sp³-hybridized carbons (Fsp3) is 0. The Hall–Kier alpha value is -7.99. The summed E-state index contributed by atoms with van der Waals surface area (Å²) in [5, 5.41) is 5.00. The third-order valence-corrected chi connectivity index (χ3v) is 13.1. The van der Waals surface area contributed by atoms with Gasteiger partial charge in [0.15, 0.2) is 17.5 Å². The van der Waals surface area contributed by atoms with Crippen molar-refractivity contribution in [1.82, 2.24) is 19.5 Å². The van der Waals surface area contributed by atoms with Gasteiger partial charge in [0, 0.05) is 54.1 Å². The lowest BCUT2D eigenvalue weighted by Gasteiger charge is -2.21. The van der Waals surface area contributed by atoms with E-state index in [1.807, 2.05) is 35.6 Å². The fourth-order valence-corrected chi connectivity index (χ4v) is 10.2. The summed E-state index contributed by atoms with van der Waals surface area (Å²) in [6.07, 6.45) is 0. The third-order valence-electron chi connectivity index (χ3n) is 11.9. The Balaban J connectivity index is 1.17. The van der Waals surface area contributed by atoms with Crippen LogP contribution in [0.15, 0.2) is 218 Å². The van der Waals surface area contributed by atoms with Crippen LogP contribution in [0.4, 0.5) is 0 Å². The van der Waals surface area contributed by atoms with Crippen LogP contribution in [0.25, 0.3) is 115 Å². The van der Waals surface area contributed by atoms with Crippen LogP contribution in [0.2, 0.25) is 0 Å². The van der Waals surface area contributed by atoms with E-state index in [0.717, 1.165) is 55.7 Å². The number of fused-ring (bicyclic) bond motifs is 7. The van der Waals surface area contributed by atoms with Crippen molar-refractivity contribution < 1.29 is 0 Å². The van der Waals surface area contributed by atoms with Gasteiger partial charge in [0.2, 0.25) is 0 Å². The van der Waals surface area contributed by atoms with Gasteiger partial charge in [-0.25, -0.2) is 15.0 Å². The zero-order valence-corrected chi connectivity index (χ0v) is 34.3. The number of aromatic nitrogens is 4. The zero-order valence-electron chi connectivity index (χ0n) is 33.5. The highest BCUT2D eigenvalue weighted by Crippen LogP contribution is 2.47. The van der Waals surface area contributed by atoms with Gasteiger partial charge in [0.1, 0.15) is 0 Å². The van der Waals surface area contributed by atoms with Crippen molar-refractivity contribution in [2.75, 3.05) is 0 Å². The molecule has 3 aromatic heterocycles. The normalized spacial score (nSPS) is 11.5. The molecule has 290 valence electrons. The van der Waals surface area contributed by atoms with Crippen LogP contribution < -0.4 is 0 Å². The molecule has 12 aromatic rings. The molecule has 0 radical (unpaired) electrons. The lowest BCUT2D eigenvalue weighted by Crippen LogP contribution is -2.04. The molecule has 0 fully saturated rings. The molecule has 9 aromatic carbocycles. The topological polar surface area (TPSA) is 43.6 Å². The maximum Gasteiger partial charge on any atom is 0.164 e. The molecule has 0 amide bonds. The molecule has 4 nitrogen and oxygen atoms in total. The summed E-state index contributed by atoms with van der Waals surface area (Å²) in [5.74, 6) is 1.85. The molecule has 0 aliphatic rings. The first kappa shape index (κ1) is 35.9. The lowest BCUT2D eigenvalue weighted by atomic mass is 9.92. The minimum Gasteiger partial charge on any atom is -0.307 e. The average Bonchev–Trinajstić information content (AvgIpc) is 3.91. The smallest absolute Gasteiger partial charge is 0.164 e. The van der Waals surface area contributed by atoms with Crippen molar-refractivity contribution in [2.24, 2.45) is 0 Å². The zero-order chi connectivity index (χ0) is 41.0. The van der Waals surface area contributed by atoms with E-state index in [0.29, 0.717) is 17.5 Å².